The Morgan fingerprint density at radius 3 is 2.67 bits per heavy atom. The molecule has 2 amide bonds. The van der Waals surface area contributed by atoms with Gasteiger partial charge in [-0.2, -0.15) is 0 Å². The van der Waals surface area contributed by atoms with Gasteiger partial charge in [0.1, 0.15) is 6.04 Å². The first-order valence-electron chi connectivity index (χ1n) is 6.35. The van der Waals surface area contributed by atoms with Crippen molar-refractivity contribution < 1.29 is 19.5 Å². The molecular weight excluding hydrogens is 236 g/mol. The molecule has 1 unspecified atom stereocenters. The summed E-state index contributed by atoms with van der Waals surface area (Å²) in [6.45, 7) is 2.14. The van der Waals surface area contributed by atoms with Gasteiger partial charge in [-0.25, -0.2) is 4.79 Å². The number of carbonyl (C=O) groups excluding carboxylic acids is 2. The summed E-state index contributed by atoms with van der Waals surface area (Å²) in [6.07, 6.45) is 2.59. The molecule has 0 aromatic carbocycles. The molecule has 1 saturated carbocycles. The molecule has 6 heteroatoms. The van der Waals surface area contributed by atoms with Crippen molar-refractivity contribution in [3.63, 3.8) is 0 Å². The summed E-state index contributed by atoms with van der Waals surface area (Å²) < 4.78 is 0. The molecule has 0 spiro atoms. The van der Waals surface area contributed by atoms with Crippen LogP contribution in [0.1, 0.15) is 32.6 Å². The smallest absolute Gasteiger partial charge is 0.326 e. The zero-order chi connectivity index (χ0) is 13.3. The Morgan fingerprint density at radius 2 is 2.17 bits per heavy atom. The van der Waals surface area contributed by atoms with E-state index in [4.69, 9.17) is 5.11 Å². The van der Waals surface area contributed by atoms with Crippen LogP contribution in [0.15, 0.2) is 0 Å². The highest BCUT2D eigenvalue weighted by Gasteiger charge is 2.42. The quantitative estimate of drug-likeness (QED) is 0.721. The monoisotopic (exact) mass is 254 g/mol. The summed E-state index contributed by atoms with van der Waals surface area (Å²) in [6, 6.07) is -0.542. The molecule has 2 N–H and O–H groups in total. The summed E-state index contributed by atoms with van der Waals surface area (Å²) in [5.41, 5.74) is 0. The van der Waals surface area contributed by atoms with Gasteiger partial charge in [-0.15, -0.1) is 0 Å². The summed E-state index contributed by atoms with van der Waals surface area (Å²) in [4.78, 5) is 36.2. The van der Waals surface area contributed by atoms with Crippen LogP contribution in [0.3, 0.4) is 0 Å². The maximum absolute atomic E-state index is 11.9. The lowest BCUT2D eigenvalue weighted by Gasteiger charge is -2.17. The van der Waals surface area contributed by atoms with Crippen molar-refractivity contribution >= 4 is 17.8 Å². The number of hydrogen-bond acceptors (Lipinski definition) is 3. The average Bonchev–Trinajstić information content (AvgIpc) is 3.08. The van der Waals surface area contributed by atoms with Crippen LogP contribution in [0.5, 0.6) is 0 Å². The van der Waals surface area contributed by atoms with Crippen LogP contribution in [0.2, 0.25) is 0 Å². The number of carboxylic acids is 1. The number of rotatable bonds is 5. The zero-order valence-corrected chi connectivity index (χ0v) is 10.4. The van der Waals surface area contributed by atoms with Crippen LogP contribution in [0.25, 0.3) is 0 Å². The van der Waals surface area contributed by atoms with Gasteiger partial charge < -0.3 is 15.3 Å². The molecule has 1 aliphatic carbocycles. The maximum Gasteiger partial charge on any atom is 0.326 e. The molecular formula is C12H18N2O4. The maximum atomic E-state index is 11.9. The molecule has 1 heterocycles. The predicted molar refractivity (Wildman–Crippen MR) is 62.7 cm³/mol. The van der Waals surface area contributed by atoms with Gasteiger partial charge in [0, 0.05) is 19.0 Å². The summed E-state index contributed by atoms with van der Waals surface area (Å²) in [7, 11) is 0. The van der Waals surface area contributed by atoms with Crippen molar-refractivity contribution in [3.8, 4) is 0 Å². The van der Waals surface area contributed by atoms with Gasteiger partial charge in [0.15, 0.2) is 0 Å². The van der Waals surface area contributed by atoms with E-state index in [-0.39, 0.29) is 18.2 Å². The lowest BCUT2D eigenvalue weighted by Crippen LogP contribution is -2.43. The molecule has 2 fully saturated rings. The second-order valence-electron chi connectivity index (χ2n) is 4.99. The highest BCUT2D eigenvalue weighted by molar-refractivity contribution is 5.91. The second kappa shape index (κ2) is 4.96. The van der Waals surface area contributed by atoms with Gasteiger partial charge in [-0.1, -0.05) is 6.92 Å². The summed E-state index contributed by atoms with van der Waals surface area (Å²) in [5.74, 6) is -1.73. The molecule has 0 aromatic heterocycles. The lowest BCUT2D eigenvalue weighted by atomic mass is 10.1. The minimum atomic E-state index is -1.03. The number of hydrogen-bond donors (Lipinski definition) is 2. The fourth-order valence-electron chi connectivity index (χ4n) is 2.27. The van der Waals surface area contributed by atoms with Crippen molar-refractivity contribution in [1.82, 2.24) is 10.2 Å². The number of nitrogens with zero attached hydrogens (tertiary/aromatic N) is 1. The van der Waals surface area contributed by atoms with E-state index >= 15 is 0 Å². The first-order valence-corrected chi connectivity index (χ1v) is 6.35. The van der Waals surface area contributed by atoms with Crippen molar-refractivity contribution in [1.29, 1.82) is 0 Å². The van der Waals surface area contributed by atoms with Crippen molar-refractivity contribution in [3.05, 3.63) is 0 Å². The van der Waals surface area contributed by atoms with E-state index in [9.17, 15) is 14.4 Å². The standard InChI is InChI=1S/C12H18N2O4/c1-2-9(12(17)18)13-11(16)7-5-10(15)14(6-7)8-3-4-8/h7-9H,2-6H2,1H3,(H,13,16)(H,17,18)/t7?,9-/m1/s1. The van der Waals surface area contributed by atoms with E-state index in [0.29, 0.717) is 19.0 Å². The largest absolute Gasteiger partial charge is 0.480 e. The highest BCUT2D eigenvalue weighted by atomic mass is 16.4. The number of aliphatic carboxylic acids is 1. The predicted octanol–water partition coefficient (Wildman–Crippen LogP) is -0.0233. The summed E-state index contributed by atoms with van der Waals surface area (Å²) in [5, 5.41) is 11.4. The van der Waals surface area contributed by atoms with E-state index in [0.717, 1.165) is 12.8 Å². The average molecular weight is 254 g/mol. The number of amides is 2. The van der Waals surface area contributed by atoms with Crippen LogP contribution in [-0.2, 0) is 14.4 Å². The molecule has 2 rings (SSSR count). The van der Waals surface area contributed by atoms with Gasteiger partial charge in [0.25, 0.3) is 0 Å². The molecule has 1 saturated heterocycles. The van der Waals surface area contributed by atoms with Gasteiger partial charge in [0.05, 0.1) is 5.92 Å². The molecule has 0 aromatic rings. The van der Waals surface area contributed by atoms with E-state index in [1.165, 1.54) is 0 Å². The van der Waals surface area contributed by atoms with Crippen molar-refractivity contribution in [2.75, 3.05) is 6.54 Å². The third-order valence-electron chi connectivity index (χ3n) is 3.54. The molecule has 0 bridgehead atoms. The molecule has 2 aliphatic rings. The van der Waals surface area contributed by atoms with E-state index in [2.05, 4.69) is 5.32 Å². The highest BCUT2D eigenvalue weighted by Crippen LogP contribution is 2.32. The normalized spacial score (nSPS) is 25.1. The SMILES string of the molecule is CC[C@@H](NC(=O)C1CC(=O)N(C2CC2)C1)C(=O)O. The molecule has 0 radical (unpaired) electrons. The Balaban J connectivity index is 1.90. The number of likely N-dealkylation sites (tertiary alicyclic amines) is 1. The van der Waals surface area contributed by atoms with Gasteiger partial charge >= 0.3 is 5.97 Å². The van der Waals surface area contributed by atoms with Crippen LogP contribution < -0.4 is 5.32 Å². The second-order valence-corrected chi connectivity index (χ2v) is 4.99. The number of nitrogens with one attached hydrogen (secondary N) is 1. The summed E-state index contributed by atoms with van der Waals surface area (Å²) >= 11 is 0. The van der Waals surface area contributed by atoms with Crippen molar-refractivity contribution in [2.45, 2.75) is 44.7 Å². The van der Waals surface area contributed by atoms with E-state index < -0.39 is 17.9 Å². The fraction of sp³-hybridized carbons (Fsp3) is 0.750. The Bertz CT molecular complexity index is 378. The fourth-order valence-corrected chi connectivity index (χ4v) is 2.27. The van der Waals surface area contributed by atoms with Crippen LogP contribution in [-0.4, -0.2) is 46.4 Å². The molecule has 2 atom stereocenters. The van der Waals surface area contributed by atoms with Crippen LogP contribution in [0, 0.1) is 5.92 Å². The van der Waals surface area contributed by atoms with E-state index in [1.54, 1.807) is 11.8 Å². The minimum Gasteiger partial charge on any atom is -0.480 e. The molecule has 100 valence electrons. The number of carbonyl (C=O) groups is 3. The van der Waals surface area contributed by atoms with Gasteiger partial charge in [-0.05, 0) is 19.3 Å². The minimum absolute atomic E-state index is 0.0148. The third-order valence-corrected chi connectivity index (χ3v) is 3.54. The van der Waals surface area contributed by atoms with Gasteiger partial charge in [-0.3, -0.25) is 9.59 Å². The van der Waals surface area contributed by atoms with Gasteiger partial charge in [0.2, 0.25) is 11.8 Å². The zero-order valence-electron chi connectivity index (χ0n) is 10.4. The first-order chi connectivity index (χ1) is 8.52. The van der Waals surface area contributed by atoms with Crippen LogP contribution >= 0.6 is 0 Å². The molecule has 18 heavy (non-hydrogen) atoms. The third kappa shape index (κ3) is 2.63. The Morgan fingerprint density at radius 1 is 1.50 bits per heavy atom. The lowest BCUT2D eigenvalue weighted by molar-refractivity contribution is -0.142. The number of carboxylic acid groups (broad SMARTS) is 1. The Kier molecular flexibility index (Phi) is 3.54. The van der Waals surface area contributed by atoms with Crippen LogP contribution in [0.4, 0.5) is 0 Å². The Labute approximate surface area is 105 Å². The first kappa shape index (κ1) is 12.9. The van der Waals surface area contributed by atoms with E-state index in [1.807, 2.05) is 0 Å². The van der Waals surface area contributed by atoms with Crippen molar-refractivity contribution in [2.24, 2.45) is 5.92 Å². The molecule has 1 aliphatic heterocycles. The topological polar surface area (TPSA) is 86.7 Å². The Hall–Kier alpha value is -1.59. The molecule has 6 nitrogen and oxygen atoms in total.